The SMILES string of the molecule is O=S(=O)(c1cccc(Cl)c1Cl)N1CCN2C[C@H](Oc3cnc(C4CC4)cn3)C[C@H]2C1. The Labute approximate surface area is 186 Å². The van der Waals surface area contributed by atoms with E-state index < -0.39 is 10.0 Å². The van der Waals surface area contributed by atoms with Crippen LogP contribution in [0.15, 0.2) is 35.5 Å². The summed E-state index contributed by atoms with van der Waals surface area (Å²) in [4.78, 5) is 11.2. The van der Waals surface area contributed by atoms with Crippen LogP contribution in [0, 0.1) is 0 Å². The van der Waals surface area contributed by atoms with E-state index in [-0.39, 0.29) is 27.1 Å². The number of ether oxygens (including phenoxy) is 1. The number of benzene rings is 1. The second-order valence-electron chi connectivity index (χ2n) is 8.09. The van der Waals surface area contributed by atoms with Gasteiger partial charge >= 0.3 is 0 Å². The zero-order valence-electron chi connectivity index (χ0n) is 16.2. The van der Waals surface area contributed by atoms with Gasteiger partial charge in [0, 0.05) is 44.6 Å². The standard InChI is InChI=1S/C20H22Cl2N4O3S/c21-16-2-1-3-18(20(16)22)30(27,28)26-7-6-25-12-15(8-14(25)11-26)29-19-10-23-17(9-24-19)13-4-5-13/h1-3,9-10,13-15H,4-8,11-12H2/t14-,15+/m0/s1. The molecule has 3 heterocycles. The Hall–Kier alpha value is -1.45. The van der Waals surface area contributed by atoms with E-state index in [1.807, 2.05) is 0 Å². The average molecular weight is 469 g/mol. The van der Waals surface area contributed by atoms with Crippen molar-refractivity contribution in [1.29, 1.82) is 0 Å². The molecule has 1 aromatic heterocycles. The third kappa shape index (κ3) is 3.91. The first-order valence-corrected chi connectivity index (χ1v) is 12.3. The molecule has 2 atom stereocenters. The average Bonchev–Trinajstić information content (AvgIpc) is 3.50. The highest BCUT2D eigenvalue weighted by Crippen LogP contribution is 2.39. The summed E-state index contributed by atoms with van der Waals surface area (Å²) in [5.41, 5.74) is 1.03. The predicted molar refractivity (Wildman–Crippen MR) is 114 cm³/mol. The molecule has 0 unspecified atom stereocenters. The van der Waals surface area contributed by atoms with Crippen molar-refractivity contribution in [2.24, 2.45) is 0 Å². The Morgan fingerprint density at radius 3 is 2.63 bits per heavy atom. The van der Waals surface area contributed by atoms with Gasteiger partial charge in [-0.2, -0.15) is 4.31 Å². The Bertz CT molecular complexity index is 1050. The smallest absolute Gasteiger partial charge is 0.244 e. The van der Waals surface area contributed by atoms with Crippen LogP contribution in [0.1, 0.15) is 30.9 Å². The molecule has 5 rings (SSSR count). The third-order valence-electron chi connectivity index (χ3n) is 6.01. The van der Waals surface area contributed by atoms with E-state index in [0.717, 1.165) is 18.7 Å². The Balaban J connectivity index is 1.25. The van der Waals surface area contributed by atoms with E-state index in [9.17, 15) is 8.42 Å². The van der Waals surface area contributed by atoms with Gasteiger partial charge in [-0.1, -0.05) is 29.3 Å². The highest BCUT2D eigenvalue weighted by atomic mass is 35.5. The zero-order chi connectivity index (χ0) is 20.9. The second-order valence-corrected chi connectivity index (χ2v) is 10.8. The number of nitrogens with zero attached hydrogens (tertiary/aromatic N) is 4. The first-order valence-electron chi connectivity index (χ1n) is 10.1. The molecule has 30 heavy (non-hydrogen) atoms. The molecular weight excluding hydrogens is 447 g/mol. The minimum Gasteiger partial charge on any atom is -0.472 e. The predicted octanol–water partition coefficient (Wildman–Crippen LogP) is 3.19. The number of aromatic nitrogens is 2. The van der Waals surface area contributed by atoms with Crippen LogP contribution in [-0.4, -0.2) is 65.9 Å². The maximum atomic E-state index is 13.1. The van der Waals surface area contributed by atoms with E-state index in [1.165, 1.54) is 23.2 Å². The molecule has 3 fully saturated rings. The van der Waals surface area contributed by atoms with Crippen LogP contribution in [0.2, 0.25) is 10.0 Å². The molecule has 10 heteroatoms. The number of sulfonamides is 1. The molecule has 1 aromatic carbocycles. The van der Waals surface area contributed by atoms with E-state index in [2.05, 4.69) is 14.9 Å². The van der Waals surface area contributed by atoms with E-state index >= 15 is 0 Å². The third-order valence-corrected chi connectivity index (χ3v) is 8.84. The van der Waals surface area contributed by atoms with Gasteiger partial charge in [-0.25, -0.2) is 13.4 Å². The van der Waals surface area contributed by atoms with Gasteiger partial charge in [0.1, 0.15) is 11.0 Å². The minimum absolute atomic E-state index is 0.0338. The largest absolute Gasteiger partial charge is 0.472 e. The highest BCUT2D eigenvalue weighted by Gasteiger charge is 2.41. The van der Waals surface area contributed by atoms with Gasteiger partial charge in [0.05, 0.1) is 28.1 Å². The lowest BCUT2D eigenvalue weighted by molar-refractivity contribution is 0.151. The van der Waals surface area contributed by atoms with Crippen LogP contribution in [0.4, 0.5) is 0 Å². The van der Waals surface area contributed by atoms with Crippen molar-refractivity contribution in [2.75, 3.05) is 26.2 Å². The highest BCUT2D eigenvalue weighted by molar-refractivity contribution is 7.89. The molecule has 0 amide bonds. The molecule has 3 aliphatic rings. The quantitative estimate of drug-likeness (QED) is 0.670. The molecule has 0 spiro atoms. The summed E-state index contributed by atoms with van der Waals surface area (Å²) >= 11 is 12.2. The maximum Gasteiger partial charge on any atom is 0.244 e. The molecule has 160 valence electrons. The van der Waals surface area contributed by atoms with Crippen LogP contribution in [0.5, 0.6) is 5.88 Å². The monoisotopic (exact) mass is 468 g/mol. The molecule has 0 bridgehead atoms. The van der Waals surface area contributed by atoms with Crippen LogP contribution in [-0.2, 0) is 10.0 Å². The van der Waals surface area contributed by atoms with E-state index in [1.54, 1.807) is 24.5 Å². The lowest BCUT2D eigenvalue weighted by Gasteiger charge is -2.36. The van der Waals surface area contributed by atoms with Crippen LogP contribution >= 0.6 is 23.2 Å². The number of fused-ring (bicyclic) bond motifs is 1. The Kier molecular flexibility index (Phi) is 5.39. The van der Waals surface area contributed by atoms with Gasteiger partial charge in [0.2, 0.25) is 15.9 Å². The normalized spacial score (nSPS) is 25.3. The number of hydrogen-bond acceptors (Lipinski definition) is 6. The Morgan fingerprint density at radius 1 is 1.07 bits per heavy atom. The van der Waals surface area contributed by atoms with Crippen molar-refractivity contribution >= 4 is 33.2 Å². The summed E-state index contributed by atoms with van der Waals surface area (Å²) in [5, 5.41) is 0.307. The molecular formula is C20H22Cl2N4O3S. The van der Waals surface area contributed by atoms with Crippen LogP contribution < -0.4 is 4.74 Å². The molecule has 7 nitrogen and oxygen atoms in total. The van der Waals surface area contributed by atoms with E-state index in [4.69, 9.17) is 27.9 Å². The fourth-order valence-corrected chi connectivity index (χ4v) is 6.45. The molecule has 1 saturated carbocycles. The van der Waals surface area contributed by atoms with E-state index in [0.29, 0.717) is 31.4 Å². The van der Waals surface area contributed by atoms with Crippen molar-refractivity contribution in [2.45, 2.75) is 42.2 Å². The summed E-state index contributed by atoms with van der Waals surface area (Å²) in [6.07, 6.45) is 6.58. The van der Waals surface area contributed by atoms with Crippen LogP contribution in [0.25, 0.3) is 0 Å². The first-order chi connectivity index (χ1) is 14.4. The number of piperazine rings is 1. The van der Waals surface area contributed by atoms with Crippen molar-refractivity contribution in [3.8, 4) is 5.88 Å². The topological polar surface area (TPSA) is 75.6 Å². The lowest BCUT2D eigenvalue weighted by Crippen LogP contribution is -2.51. The second kappa shape index (κ2) is 7.91. The molecule has 1 aliphatic carbocycles. The molecule has 2 aromatic rings. The molecule has 0 radical (unpaired) electrons. The molecule has 0 N–H and O–H groups in total. The number of hydrogen-bond donors (Lipinski definition) is 0. The lowest BCUT2D eigenvalue weighted by atomic mass is 10.2. The van der Waals surface area contributed by atoms with Crippen molar-refractivity contribution in [1.82, 2.24) is 19.2 Å². The number of rotatable bonds is 5. The maximum absolute atomic E-state index is 13.1. The van der Waals surface area contributed by atoms with Crippen molar-refractivity contribution < 1.29 is 13.2 Å². The van der Waals surface area contributed by atoms with Gasteiger partial charge in [0.25, 0.3) is 0 Å². The summed E-state index contributed by atoms with van der Waals surface area (Å²) in [6, 6.07) is 4.78. The Morgan fingerprint density at radius 2 is 1.90 bits per heavy atom. The zero-order valence-corrected chi connectivity index (χ0v) is 18.6. The fourth-order valence-electron chi connectivity index (χ4n) is 4.24. The van der Waals surface area contributed by atoms with Gasteiger partial charge in [-0.3, -0.25) is 9.88 Å². The van der Waals surface area contributed by atoms with Gasteiger partial charge in [0.15, 0.2) is 0 Å². The minimum atomic E-state index is -3.71. The van der Waals surface area contributed by atoms with Crippen LogP contribution in [0.3, 0.4) is 0 Å². The van der Waals surface area contributed by atoms with Gasteiger partial charge in [-0.15, -0.1) is 0 Å². The fraction of sp³-hybridized carbons (Fsp3) is 0.500. The summed E-state index contributed by atoms with van der Waals surface area (Å²) in [5.74, 6) is 1.09. The molecule has 2 aliphatic heterocycles. The first kappa shape index (κ1) is 20.5. The number of halogens is 2. The summed E-state index contributed by atoms with van der Waals surface area (Å²) in [6.45, 7) is 2.21. The molecule has 2 saturated heterocycles. The van der Waals surface area contributed by atoms with Gasteiger partial charge < -0.3 is 4.74 Å². The van der Waals surface area contributed by atoms with Crippen molar-refractivity contribution in [3.05, 3.63) is 46.3 Å². The van der Waals surface area contributed by atoms with Crippen molar-refractivity contribution in [3.63, 3.8) is 0 Å². The van der Waals surface area contributed by atoms with Gasteiger partial charge in [-0.05, 0) is 25.0 Å². The summed E-state index contributed by atoms with van der Waals surface area (Å²) < 4.78 is 33.8. The summed E-state index contributed by atoms with van der Waals surface area (Å²) in [7, 11) is -3.71.